The van der Waals surface area contributed by atoms with Gasteiger partial charge in [0, 0.05) is 18.0 Å². The first-order valence-electron chi connectivity index (χ1n) is 6.40. The van der Waals surface area contributed by atoms with Gasteiger partial charge < -0.3 is 5.32 Å². The van der Waals surface area contributed by atoms with E-state index in [-0.39, 0.29) is 16.8 Å². The number of carbonyl (C=O) groups is 1. The number of hydrogen-bond acceptors (Lipinski definition) is 4. The summed E-state index contributed by atoms with van der Waals surface area (Å²) in [4.78, 5) is 16.5. The van der Waals surface area contributed by atoms with Crippen LogP contribution in [0.3, 0.4) is 0 Å². The minimum Gasteiger partial charge on any atom is -0.344 e. The molecule has 6 heteroatoms. The highest BCUT2D eigenvalue weighted by Gasteiger charge is 2.14. The fourth-order valence-corrected chi connectivity index (χ4v) is 2.52. The molecule has 1 N–H and O–H groups in total. The van der Waals surface area contributed by atoms with Crippen LogP contribution >= 0.6 is 0 Å². The van der Waals surface area contributed by atoms with Crippen molar-refractivity contribution in [3.05, 3.63) is 59.9 Å². The van der Waals surface area contributed by atoms with E-state index in [1.807, 2.05) is 19.1 Å². The molecule has 0 bridgehead atoms. The number of rotatable bonds is 4. The zero-order chi connectivity index (χ0) is 15.5. The monoisotopic (exact) mass is 304 g/mol. The Morgan fingerprint density at radius 3 is 2.57 bits per heavy atom. The highest BCUT2D eigenvalue weighted by molar-refractivity contribution is 7.90. The van der Waals surface area contributed by atoms with E-state index in [1.54, 1.807) is 24.4 Å². The summed E-state index contributed by atoms with van der Waals surface area (Å²) in [6.07, 6.45) is 2.77. The summed E-state index contributed by atoms with van der Waals surface area (Å²) in [5, 5.41) is 2.79. The predicted molar refractivity (Wildman–Crippen MR) is 79.7 cm³/mol. The van der Waals surface area contributed by atoms with Gasteiger partial charge in [-0.05, 0) is 37.3 Å². The Morgan fingerprint density at radius 2 is 1.95 bits per heavy atom. The zero-order valence-electron chi connectivity index (χ0n) is 11.8. The number of sulfone groups is 1. The lowest BCUT2D eigenvalue weighted by Gasteiger charge is -2.13. The third-order valence-corrected chi connectivity index (χ3v) is 4.11. The molecule has 0 saturated heterocycles. The minimum atomic E-state index is -3.33. The molecule has 1 unspecified atom stereocenters. The first kappa shape index (κ1) is 15.2. The third-order valence-electron chi connectivity index (χ3n) is 3.00. The van der Waals surface area contributed by atoms with Gasteiger partial charge in [-0.2, -0.15) is 0 Å². The molecule has 1 amide bonds. The summed E-state index contributed by atoms with van der Waals surface area (Å²) in [6, 6.07) is 11.2. The molecular weight excluding hydrogens is 288 g/mol. The number of benzene rings is 1. The van der Waals surface area contributed by atoms with E-state index in [1.165, 1.54) is 12.1 Å². The summed E-state index contributed by atoms with van der Waals surface area (Å²) in [5.74, 6) is -0.335. The molecule has 0 saturated carbocycles. The van der Waals surface area contributed by atoms with Crippen LogP contribution in [0.15, 0.2) is 53.6 Å². The van der Waals surface area contributed by atoms with E-state index in [2.05, 4.69) is 10.3 Å². The number of carbonyl (C=O) groups excluding carboxylic acids is 1. The number of hydrogen-bond donors (Lipinski definition) is 1. The molecule has 21 heavy (non-hydrogen) atoms. The average molecular weight is 304 g/mol. The lowest BCUT2D eigenvalue weighted by atomic mass is 10.1. The predicted octanol–water partition coefficient (Wildman–Crippen LogP) is 1.98. The maximum atomic E-state index is 12.2. The second-order valence-corrected chi connectivity index (χ2v) is 6.77. The molecule has 1 aromatic carbocycles. The Labute approximate surface area is 124 Å². The van der Waals surface area contributed by atoms with Crippen molar-refractivity contribution < 1.29 is 13.2 Å². The number of pyridine rings is 1. The van der Waals surface area contributed by atoms with Crippen LogP contribution in [0.5, 0.6) is 0 Å². The fourth-order valence-electron chi connectivity index (χ4n) is 1.85. The van der Waals surface area contributed by atoms with Crippen LogP contribution in [-0.2, 0) is 9.84 Å². The second-order valence-electron chi connectivity index (χ2n) is 4.75. The zero-order valence-corrected chi connectivity index (χ0v) is 12.6. The number of amides is 1. The number of aromatic nitrogens is 1. The molecule has 5 nitrogen and oxygen atoms in total. The van der Waals surface area contributed by atoms with Crippen molar-refractivity contribution in [3.63, 3.8) is 0 Å². The number of nitrogens with zero attached hydrogens (tertiary/aromatic N) is 1. The molecule has 2 rings (SSSR count). The SMILES string of the molecule is CC(NC(=O)c1cccc(S(C)(=O)=O)c1)c1ccccn1. The van der Waals surface area contributed by atoms with Gasteiger partial charge in [-0.1, -0.05) is 12.1 Å². The summed E-state index contributed by atoms with van der Waals surface area (Å²) < 4.78 is 23.0. The van der Waals surface area contributed by atoms with E-state index in [4.69, 9.17) is 0 Å². The van der Waals surface area contributed by atoms with E-state index in [0.29, 0.717) is 5.56 Å². The van der Waals surface area contributed by atoms with Crippen molar-refractivity contribution in [1.29, 1.82) is 0 Å². The molecule has 110 valence electrons. The van der Waals surface area contributed by atoms with Crippen LogP contribution in [0.1, 0.15) is 29.0 Å². The van der Waals surface area contributed by atoms with Crippen LogP contribution < -0.4 is 5.32 Å². The summed E-state index contributed by atoms with van der Waals surface area (Å²) in [6.45, 7) is 1.82. The van der Waals surface area contributed by atoms with Gasteiger partial charge in [0.05, 0.1) is 16.6 Å². The number of nitrogens with one attached hydrogen (secondary N) is 1. The van der Waals surface area contributed by atoms with Crippen molar-refractivity contribution >= 4 is 15.7 Å². The third kappa shape index (κ3) is 3.88. The lowest BCUT2D eigenvalue weighted by Crippen LogP contribution is -2.27. The molecule has 1 atom stereocenters. The van der Waals surface area contributed by atoms with Gasteiger partial charge >= 0.3 is 0 Å². The van der Waals surface area contributed by atoms with Gasteiger partial charge in [0.2, 0.25) is 0 Å². The topological polar surface area (TPSA) is 76.1 Å². The first-order valence-corrected chi connectivity index (χ1v) is 8.29. The van der Waals surface area contributed by atoms with Crippen molar-refractivity contribution in [2.75, 3.05) is 6.26 Å². The Bertz CT molecular complexity index is 743. The van der Waals surface area contributed by atoms with Gasteiger partial charge in [-0.25, -0.2) is 8.42 Å². The van der Waals surface area contributed by atoms with Gasteiger partial charge in [-0.15, -0.1) is 0 Å². The summed E-state index contributed by atoms with van der Waals surface area (Å²) in [7, 11) is -3.33. The Balaban J connectivity index is 2.18. The van der Waals surface area contributed by atoms with Gasteiger partial charge in [-0.3, -0.25) is 9.78 Å². The first-order chi connectivity index (χ1) is 9.88. The fraction of sp³-hybridized carbons (Fsp3) is 0.200. The molecule has 0 aliphatic heterocycles. The highest BCUT2D eigenvalue weighted by atomic mass is 32.2. The van der Waals surface area contributed by atoms with Crippen LogP contribution in [0.2, 0.25) is 0 Å². The highest BCUT2D eigenvalue weighted by Crippen LogP contribution is 2.13. The Kier molecular flexibility index (Phi) is 4.37. The second kappa shape index (κ2) is 6.05. The quantitative estimate of drug-likeness (QED) is 0.937. The van der Waals surface area contributed by atoms with Gasteiger partial charge in [0.15, 0.2) is 9.84 Å². The van der Waals surface area contributed by atoms with Gasteiger partial charge in [0.25, 0.3) is 5.91 Å². The van der Waals surface area contributed by atoms with Crippen molar-refractivity contribution in [3.8, 4) is 0 Å². The van der Waals surface area contributed by atoms with E-state index >= 15 is 0 Å². The molecule has 0 spiro atoms. The molecule has 0 aliphatic rings. The maximum Gasteiger partial charge on any atom is 0.251 e. The average Bonchev–Trinajstić information content (AvgIpc) is 2.47. The Hall–Kier alpha value is -2.21. The van der Waals surface area contributed by atoms with E-state index in [0.717, 1.165) is 11.9 Å². The molecule has 0 fully saturated rings. The molecule has 1 aromatic heterocycles. The van der Waals surface area contributed by atoms with Crippen molar-refractivity contribution in [1.82, 2.24) is 10.3 Å². The smallest absolute Gasteiger partial charge is 0.251 e. The molecule has 0 radical (unpaired) electrons. The van der Waals surface area contributed by atoms with Crippen molar-refractivity contribution in [2.45, 2.75) is 17.9 Å². The van der Waals surface area contributed by atoms with Crippen molar-refractivity contribution in [2.24, 2.45) is 0 Å². The standard InChI is InChI=1S/C15H16N2O3S/c1-11(14-8-3-4-9-16-14)17-15(18)12-6-5-7-13(10-12)21(2,19)20/h3-11H,1-2H3,(H,17,18). The van der Waals surface area contributed by atoms with E-state index < -0.39 is 9.84 Å². The normalized spacial score (nSPS) is 12.7. The lowest BCUT2D eigenvalue weighted by molar-refractivity contribution is 0.0939. The van der Waals surface area contributed by atoms with Gasteiger partial charge in [0.1, 0.15) is 0 Å². The summed E-state index contributed by atoms with van der Waals surface area (Å²) in [5.41, 5.74) is 1.05. The van der Waals surface area contributed by atoms with Crippen LogP contribution in [-0.4, -0.2) is 25.6 Å². The largest absolute Gasteiger partial charge is 0.344 e. The van der Waals surface area contributed by atoms with Crippen LogP contribution in [0.4, 0.5) is 0 Å². The van der Waals surface area contributed by atoms with Crippen LogP contribution in [0, 0.1) is 0 Å². The maximum absolute atomic E-state index is 12.2. The molecule has 2 aromatic rings. The molecule has 0 aliphatic carbocycles. The minimum absolute atomic E-state index is 0.126. The van der Waals surface area contributed by atoms with Crippen LogP contribution in [0.25, 0.3) is 0 Å². The molecule has 1 heterocycles. The van der Waals surface area contributed by atoms with E-state index in [9.17, 15) is 13.2 Å². The molecular formula is C15H16N2O3S. The summed E-state index contributed by atoms with van der Waals surface area (Å²) >= 11 is 0. The Morgan fingerprint density at radius 1 is 1.19 bits per heavy atom.